The van der Waals surface area contributed by atoms with Gasteiger partial charge in [-0.3, -0.25) is 0 Å². The Balaban J connectivity index is 1.78. The van der Waals surface area contributed by atoms with Gasteiger partial charge in [-0.1, -0.05) is 53.9 Å². The molecule has 0 aliphatic heterocycles. The lowest BCUT2D eigenvalue weighted by Crippen LogP contribution is -2.65. The van der Waals surface area contributed by atoms with Crippen molar-refractivity contribution in [2.45, 2.75) is 110 Å². The van der Waals surface area contributed by atoms with Crippen LogP contribution >= 0.6 is 0 Å². The van der Waals surface area contributed by atoms with Crippen molar-refractivity contribution >= 4 is 0 Å². The Morgan fingerprint density at radius 1 is 0.857 bits per heavy atom. The number of aliphatic hydroxyl groups excluding tert-OH is 2. The zero-order valence-corrected chi connectivity index (χ0v) is 18.8. The molecule has 0 heterocycles. The molecule has 0 radical (unpaired) electrons. The Morgan fingerprint density at radius 2 is 1.54 bits per heavy atom. The van der Waals surface area contributed by atoms with E-state index in [1.807, 2.05) is 0 Å². The predicted molar refractivity (Wildman–Crippen MR) is 113 cm³/mol. The molecular formula is C25H44O3. The maximum atomic E-state index is 11.8. The van der Waals surface area contributed by atoms with Crippen molar-refractivity contribution in [1.29, 1.82) is 0 Å². The largest absolute Gasteiger partial charge is 0.393 e. The first kappa shape index (κ1) is 21.1. The molecule has 4 fully saturated rings. The Kier molecular flexibility index (Phi) is 5.25. The average Bonchev–Trinajstić information content (AvgIpc) is 2.88. The summed E-state index contributed by atoms with van der Waals surface area (Å²) in [6.45, 7) is 11.6. The van der Waals surface area contributed by atoms with Gasteiger partial charge in [0.1, 0.15) is 0 Å². The molecule has 0 spiro atoms. The molecule has 0 aromatic heterocycles. The summed E-state index contributed by atoms with van der Waals surface area (Å²) >= 11 is 0. The molecule has 11 atom stereocenters. The van der Waals surface area contributed by atoms with Crippen LogP contribution in [0.3, 0.4) is 0 Å². The van der Waals surface area contributed by atoms with E-state index in [1.54, 1.807) is 0 Å². The summed E-state index contributed by atoms with van der Waals surface area (Å²) in [6, 6.07) is 0. The average molecular weight is 393 g/mol. The van der Waals surface area contributed by atoms with Crippen LogP contribution in [0.15, 0.2) is 0 Å². The van der Waals surface area contributed by atoms with Crippen molar-refractivity contribution in [3.05, 3.63) is 0 Å². The number of hydrogen-bond acceptors (Lipinski definition) is 3. The van der Waals surface area contributed by atoms with Crippen LogP contribution in [0.2, 0.25) is 0 Å². The molecule has 0 aromatic carbocycles. The van der Waals surface area contributed by atoms with Gasteiger partial charge in [-0.05, 0) is 78.4 Å². The van der Waals surface area contributed by atoms with E-state index < -0.39 is 5.60 Å². The Labute approximate surface area is 172 Å². The van der Waals surface area contributed by atoms with E-state index in [2.05, 4.69) is 34.6 Å². The Bertz CT molecular complexity index is 592. The molecule has 3 nitrogen and oxygen atoms in total. The second kappa shape index (κ2) is 6.95. The summed E-state index contributed by atoms with van der Waals surface area (Å²) in [4.78, 5) is 0. The van der Waals surface area contributed by atoms with Crippen LogP contribution in [-0.2, 0) is 0 Å². The minimum absolute atomic E-state index is 0.0376. The lowest BCUT2D eigenvalue weighted by atomic mass is 9.40. The summed E-state index contributed by atoms with van der Waals surface area (Å²) in [5, 5.41) is 33.6. The highest BCUT2D eigenvalue weighted by Gasteiger charge is 2.69. The lowest BCUT2D eigenvalue weighted by Gasteiger charge is -2.66. The van der Waals surface area contributed by atoms with Gasteiger partial charge in [0.25, 0.3) is 0 Å². The number of fused-ring (bicyclic) bond motifs is 5. The molecule has 0 saturated heterocycles. The normalized spacial score (nSPS) is 58.7. The molecule has 162 valence electrons. The maximum Gasteiger partial charge on any atom is 0.0731 e. The molecule has 0 aromatic rings. The van der Waals surface area contributed by atoms with Crippen LogP contribution < -0.4 is 0 Å². The SMILES string of the molecule is CCC1C(CC)[C@H]2[C@@H]3C(CC)CC4(O)CC(O)CC[C@]4(C)[C@@H]3CC[C@]2(C)C1O. The van der Waals surface area contributed by atoms with Crippen molar-refractivity contribution in [3.63, 3.8) is 0 Å². The minimum atomic E-state index is -0.719. The van der Waals surface area contributed by atoms with Gasteiger partial charge in [0.15, 0.2) is 0 Å². The first-order valence-electron chi connectivity index (χ1n) is 12.2. The van der Waals surface area contributed by atoms with Crippen LogP contribution in [0, 0.1) is 46.3 Å². The number of aliphatic hydroxyl groups is 3. The van der Waals surface area contributed by atoms with Crippen LogP contribution in [0.1, 0.15) is 92.4 Å². The quantitative estimate of drug-likeness (QED) is 0.648. The number of hydrogen-bond donors (Lipinski definition) is 3. The number of rotatable bonds is 3. The van der Waals surface area contributed by atoms with Crippen molar-refractivity contribution in [3.8, 4) is 0 Å². The van der Waals surface area contributed by atoms with Gasteiger partial charge in [-0.2, -0.15) is 0 Å². The summed E-state index contributed by atoms with van der Waals surface area (Å²) in [5.41, 5.74) is -0.767. The minimum Gasteiger partial charge on any atom is -0.393 e. The van der Waals surface area contributed by atoms with E-state index in [9.17, 15) is 15.3 Å². The second-order valence-corrected chi connectivity index (χ2v) is 11.6. The third kappa shape index (κ3) is 2.57. The molecule has 4 rings (SSSR count). The molecule has 4 aliphatic carbocycles. The van der Waals surface area contributed by atoms with E-state index in [4.69, 9.17) is 0 Å². The molecule has 3 N–H and O–H groups in total. The molecule has 4 aliphatic rings. The van der Waals surface area contributed by atoms with E-state index in [0.717, 1.165) is 51.4 Å². The molecule has 0 bridgehead atoms. The monoisotopic (exact) mass is 392 g/mol. The highest BCUT2D eigenvalue weighted by atomic mass is 16.3. The zero-order chi connectivity index (χ0) is 20.5. The molecular weight excluding hydrogens is 348 g/mol. The van der Waals surface area contributed by atoms with Crippen LogP contribution in [-0.4, -0.2) is 33.1 Å². The van der Waals surface area contributed by atoms with Crippen molar-refractivity contribution in [2.75, 3.05) is 0 Å². The van der Waals surface area contributed by atoms with Gasteiger partial charge in [-0.15, -0.1) is 0 Å². The third-order valence-electron chi connectivity index (χ3n) is 10.8. The van der Waals surface area contributed by atoms with Gasteiger partial charge in [0.2, 0.25) is 0 Å². The second-order valence-electron chi connectivity index (χ2n) is 11.6. The van der Waals surface area contributed by atoms with Crippen LogP contribution in [0.25, 0.3) is 0 Å². The van der Waals surface area contributed by atoms with Gasteiger partial charge in [-0.25, -0.2) is 0 Å². The first-order valence-corrected chi connectivity index (χ1v) is 12.2. The standard InChI is InChI=1S/C25H44O3/c1-6-15-13-25(28)14-16(26)9-12-24(25,5)19-10-11-23(4)21(20(15)19)17(7-2)18(8-3)22(23)27/h15-22,26-28H,6-14H2,1-5H3/t15?,16?,17?,18?,19-,20-,21+,22?,23+,24-,25?/m1/s1. The van der Waals surface area contributed by atoms with Crippen LogP contribution in [0.4, 0.5) is 0 Å². The third-order valence-corrected chi connectivity index (χ3v) is 10.8. The van der Waals surface area contributed by atoms with Gasteiger partial charge in [0, 0.05) is 6.42 Å². The maximum absolute atomic E-state index is 11.8. The van der Waals surface area contributed by atoms with Crippen molar-refractivity contribution < 1.29 is 15.3 Å². The first-order chi connectivity index (χ1) is 13.2. The van der Waals surface area contributed by atoms with Crippen molar-refractivity contribution in [1.82, 2.24) is 0 Å². The summed E-state index contributed by atoms with van der Waals surface area (Å²) < 4.78 is 0. The molecule has 0 amide bonds. The molecule has 4 saturated carbocycles. The summed E-state index contributed by atoms with van der Waals surface area (Å²) in [5.74, 6) is 3.26. The molecule has 6 unspecified atom stereocenters. The summed E-state index contributed by atoms with van der Waals surface area (Å²) in [7, 11) is 0. The fourth-order valence-electron chi connectivity index (χ4n) is 9.33. The fourth-order valence-corrected chi connectivity index (χ4v) is 9.33. The predicted octanol–water partition coefficient (Wildman–Crippen LogP) is 4.77. The van der Waals surface area contributed by atoms with Gasteiger partial charge >= 0.3 is 0 Å². The highest BCUT2D eigenvalue weighted by molar-refractivity contribution is 5.18. The van der Waals surface area contributed by atoms with Crippen molar-refractivity contribution in [2.24, 2.45) is 46.3 Å². The van der Waals surface area contributed by atoms with E-state index in [0.29, 0.717) is 41.9 Å². The van der Waals surface area contributed by atoms with Gasteiger partial charge in [0.05, 0.1) is 17.8 Å². The topological polar surface area (TPSA) is 60.7 Å². The highest BCUT2D eigenvalue weighted by Crippen LogP contribution is 2.71. The van der Waals surface area contributed by atoms with E-state index in [-0.39, 0.29) is 23.0 Å². The fraction of sp³-hybridized carbons (Fsp3) is 1.00. The van der Waals surface area contributed by atoms with E-state index >= 15 is 0 Å². The lowest BCUT2D eigenvalue weighted by molar-refractivity contribution is -0.241. The Hall–Kier alpha value is -0.120. The van der Waals surface area contributed by atoms with Gasteiger partial charge < -0.3 is 15.3 Å². The smallest absolute Gasteiger partial charge is 0.0731 e. The van der Waals surface area contributed by atoms with Crippen LogP contribution in [0.5, 0.6) is 0 Å². The van der Waals surface area contributed by atoms with E-state index in [1.165, 1.54) is 0 Å². The Morgan fingerprint density at radius 3 is 2.14 bits per heavy atom. The molecule has 28 heavy (non-hydrogen) atoms. The molecule has 3 heteroatoms. The summed E-state index contributed by atoms with van der Waals surface area (Å²) in [6.07, 6.45) is 8.23. The zero-order valence-electron chi connectivity index (χ0n) is 18.8.